The summed E-state index contributed by atoms with van der Waals surface area (Å²) in [5.74, 6) is -0.377. The van der Waals surface area contributed by atoms with Crippen molar-refractivity contribution in [2.24, 2.45) is 0 Å². The number of amides is 1. The van der Waals surface area contributed by atoms with Crippen molar-refractivity contribution in [1.82, 2.24) is 9.62 Å². The average Bonchev–Trinajstić information content (AvgIpc) is 2.78. The number of carbonyl (C=O) groups excluding carboxylic acids is 1. The molecule has 1 saturated heterocycles. The van der Waals surface area contributed by atoms with E-state index in [1.165, 1.54) is 38.4 Å². The number of benzene rings is 2. The van der Waals surface area contributed by atoms with Crippen LogP contribution in [0.4, 0.5) is 14.5 Å². The number of alkyl halides is 2. The normalized spacial score (nSPS) is 14.6. The summed E-state index contributed by atoms with van der Waals surface area (Å²) in [6, 6.07) is 10.6. The number of hydrogen-bond donors (Lipinski definition) is 1. The maximum Gasteiger partial charge on any atom is 0.387 e. The van der Waals surface area contributed by atoms with Gasteiger partial charge in [-0.1, -0.05) is 12.1 Å². The van der Waals surface area contributed by atoms with Gasteiger partial charge in [0.25, 0.3) is 5.91 Å². The Morgan fingerprint density at radius 2 is 1.75 bits per heavy atom. The van der Waals surface area contributed by atoms with E-state index in [9.17, 15) is 22.0 Å². The summed E-state index contributed by atoms with van der Waals surface area (Å²) in [4.78, 5) is 15.2. The molecule has 32 heavy (non-hydrogen) atoms. The maximum absolute atomic E-state index is 13.1. The molecule has 0 radical (unpaired) electrons. The van der Waals surface area contributed by atoms with Crippen LogP contribution in [0.3, 0.4) is 0 Å². The van der Waals surface area contributed by atoms with Crippen LogP contribution in [0.1, 0.15) is 35.2 Å². The molecule has 2 aromatic carbocycles. The first-order valence-corrected chi connectivity index (χ1v) is 11.8. The maximum atomic E-state index is 13.1. The van der Waals surface area contributed by atoms with Gasteiger partial charge in [-0.25, -0.2) is 12.7 Å². The molecule has 7 nitrogen and oxygen atoms in total. The molecule has 3 rings (SSSR count). The van der Waals surface area contributed by atoms with Gasteiger partial charge in [0, 0.05) is 39.4 Å². The Balaban J connectivity index is 1.83. The number of ether oxygens (including phenoxy) is 1. The van der Waals surface area contributed by atoms with Crippen LogP contribution in [-0.2, 0) is 16.6 Å². The lowest BCUT2D eigenvalue weighted by Gasteiger charge is -2.30. The van der Waals surface area contributed by atoms with Crippen molar-refractivity contribution in [2.75, 3.05) is 32.1 Å². The van der Waals surface area contributed by atoms with Gasteiger partial charge in [0.1, 0.15) is 5.75 Å². The third-order valence-electron chi connectivity index (χ3n) is 5.29. The third-order valence-corrected chi connectivity index (χ3v) is 7.10. The van der Waals surface area contributed by atoms with Crippen LogP contribution in [0.2, 0.25) is 0 Å². The molecule has 0 bridgehead atoms. The summed E-state index contributed by atoms with van der Waals surface area (Å²) < 4.78 is 55.2. The lowest BCUT2D eigenvalue weighted by atomic mass is 10.1. The second kappa shape index (κ2) is 10.3. The molecule has 1 heterocycles. The predicted molar refractivity (Wildman–Crippen MR) is 118 cm³/mol. The minimum absolute atomic E-state index is 0.0315. The van der Waals surface area contributed by atoms with Crippen molar-refractivity contribution >= 4 is 21.6 Å². The molecule has 2 aromatic rings. The number of sulfonamides is 1. The largest absolute Gasteiger partial charge is 0.435 e. The van der Waals surface area contributed by atoms with Crippen LogP contribution in [0.5, 0.6) is 5.75 Å². The van der Waals surface area contributed by atoms with Crippen molar-refractivity contribution in [3.63, 3.8) is 0 Å². The summed E-state index contributed by atoms with van der Waals surface area (Å²) in [5.41, 5.74) is 1.67. The second-order valence-corrected chi connectivity index (χ2v) is 9.87. The Kier molecular flexibility index (Phi) is 7.68. The van der Waals surface area contributed by atoms with Gasteiger partial charge in [-0.3, -0.25) is 4.79 Å². The minimum Gasteiger partial charge on any atom is -0.435 e. The van der Waals surface area contributed by atoms with Crippen molar-refractivity contribution < 1.29 is 26.7 Å². The number of nitrogens with one attached hydrogen (secondary N) is 1. The highest BCUT2D eigenvalue weighted by atomic mass is 32.2. The van der Waals surface area contributed by atoms with Crippen molar-refractivity contribution in [2.45, 2.75) is 37.3 Å². The van der Waals surface area contributed by atoms with Gasteiger partial charge in [0.05, 0.1) is 10.5 Å². The van der Waals surface area contributed by atoms with Crippen LogP contribution >= 0.6 is 0 Å². The highest BCUT2D eigenvalue weighted by Crippen LogP contribution is 2.28. The molecule has 1 aliphatic rings. The molecular formula is C22H27F2N3O4S. The Morgan fingerprint density at radius 1 is 1.09 bits per heavy atom. The van der Waals surface area contributed by atoms with E-state index in [0.717, 1.165) is 36.7 Å². The smallest absolute Gasteiger partial charge is 0.387 e. The van der Waals surface area contributed by atoms with Crippen LogP contribution in [0, 0.1) is 0 Å². The van der Waals surface area contributed by atoms with Crippen molar-refractivity contribution in [3.05, 3.63) is 53.6 Å². The quantitative estimate of drug-likeness (QED) is 0.643. The van der Waals surface area contributed by atoms with Crippen LogP contribution in [-0.4, -0.2) is 52.4 Å². The second-order valence-electron chi connectivity index (χ2n) is 7.72. The average molecular weight is 468 g/mol. The molecule has 1 amide bonds. The lowest BCUT2D eigenvalue weighted by molar-refractivity contribution is -0.0498. The fourth-order valence-electron chi connectivity index (χ4n) is 3.55. The summed E-state index contributed by atoms with van der Waals surface area (Å²) in [7, 11) is -0.824. The van der Waals surface area contributed by atoms with E-state index in [2.05, 4.69) is 15.0 Å². The fraction of sp³-hybridized carbons (Fsp3) is 0.409. The molecule has 1 N–H and O–H groups in total. The number of rotatable bonds is 8. The highest BCUT2D eigenvalue weighted by Gasteiger charge is 2.24. The zero-order chi connectivity index (χ0) is 23.3. The molecule has 0 saturated carbocycles. The first-order chi connectivity index (χ1) is 15.2. The van der Waals surface area contributed by atoms with Gasteiger partial charge in [-0.05, 0) is 55.2 Å². The SMILES string of the molecule is CN(C)S(=O)(=O)c1ccc(N2CCCCC2)c(C(=O)NCc2ccc(OC(F)F)cc2)c1. The molecule has 1 aliphatic heterocycles. The zero-order valence-electron chi connectivity index (χ0n) is 18.1. The van der Waals surface area contributed by atoms with Gasteiger partial charge in [-0.2, -0.15) is 8.78 Å². The van der Waals surface area contributed by atoms with Crippen LogP contribution in [0.25, 0.3) is 0 Å². The van der Waals surface area contributed by atoms with E-state index in [1.807, 2.05) is 0 Å². The molecule has 1 fully saturated rings. The molecule has 174 valence electrons. The van der Waals surface area contributed by atoms with Gasteiger partial charge >= 0.3 is 6.61 Å². The first-order valence-electron chi connectivity index (χ1n) is 10.3. The molecule has 0 atom stereocenters. The predicted octanol–water partition coefficient (Wildman–Crippen LogP) is 3.46. The Morgan fingerprint density at radius 3 is 2.34 bits per heavy atom. The number of anilines is 1. The van der Waals surface area contributed by atoms with Gasteiger partial charge in [0.2, 0.25) is 10.0 Å². The fourth-order valence-corrected chi connectivity index (χ4v) is 4.47. The Hall–Kier alpha value is -2.72. The number of nitrogens with zero attached hydrogens (tertiary/aromatic N) is 2. The van der Waals surface area contributed by atoms with Crippen LogP contribution in [0.15, 0.2) is 47.4 Å². The van der Waals surface area contributed by atoms with Crippen molar-refractivity contribution in [1.29, 1.82) is 0 Å². The summed E-state index contributed by atoms with van der Waals surface area (Å²) >= 11 is 0. The van der Waals surface area contributed by atoms with E-state index < -0.39 is 22.5 Å². The standard InChI is InChI=1S/C22H27F2N3O4S/c1-26(2)32(29,30)18-10-11-20(27-12-4-3-5-13-27)19(14-18)21(28)25-15-16-6-8-17(9-7-16)31-22(23)24/h6-11,14,22H,3-5,12-13,15H2,1-2H3,(H,25,28). The van der Waals surface area contributed by atoms with Crippen LogP contribution < -0.4 is 15.0 Å². The highest BCUT2D eigenvalue weighted by molar-refractivity contribution is 7.89. The van der Waals surface area contributed by atoms with Gasteiger partial charge in [0.15, 0.2) is 0 Å². The number of halogens is 2. The zero-order valence-corrected chi connectivity index (χ0v) is 18.9. The van der Waals surface area contributed by atoms with E-state index in [-0.39, 0.29) is 22.8 Å². The molecule has 0 aliphatic carbocycles. The van der Waals surface area contributed by atoms with Gasteiger partial charge < -0.3 is 15.0 Å². The lowest BCUT2D eigenvalue weighted by Crippen LogP contribution is -2.33. The topological polar surface area (TPSA) is 79.0 Å². The van der Waals surface area contributed by atoms with E-state index in [4.69, 9.17) is 0 Å². The van der Waals surface area contributed by atoms with E-state index >= 15 is 0 Å². The molecule has 0 aromatic heterocycles. The Bertz CT molecular complexity index is 1040. The van der Waals surface area contributed by atoms with Crippen molar-refractivity contribution in [3.8, 4) is 5.75 Å². The number of piperidine rings is 1. The van der Waals surface area contributed by atoms with E-state index in [1.54, 1.807) is 18.2 Å². The van der Waals surface area contributed by atoms with Gasteiger partial charge in [-0.15, -0.1) is 0 Å². The monoisotopic (exact) mass is 467 g/mol. The summed E-state index contributed by atoms with van der Waals surface area (Å²) in [6.45, 7) is -1.16. The first kappa shape index (κ1) is 23.9. The molecular weight excluding hydrogens is 440 g/mol. The molecule has 0 unspecified atom stereocenters. The third kappa shape index (κ3) is 5.74. The Labute approximate surface area is 187 Å². The minimum atomic E-state index is -3.70. The number of hydrogen-bond acceptors (Lipinski definition) is 5. The summed E-state index contributed by atoms with van der Waals surface area (Å²) in [5, 5.41) is 2.80. The summed E-state index contributed by atoms with van der Waals surface area (Å²) in [6.07, 6.45) is 3.13. The molecule has 0 spiro atoms. The number of carbonyl (C=O) groups is 1. The molecule has 10 heteroatoms. The van der Waals surface area contributed by atoms with E-state index in [0.29, 0.717) is 11.3 Å².